The number of fused-ring (bicyclic) bond motifs is 2. The summed E-state index contributed by atoms with van der Waals surface area (Å²) in [5.41, 5.74) is 3.43. The summed E-state index contributed by atoms with van der Waals surface area (Å²) in [6.45, 7) is 3.11. The molecule has 3 atom stereocenters. The van der Waals surface area contributed by atoms with Crippen LogP contribution >= 0.6 is 0 Å². The van der Waals surface area contributed by atoms with Crippen LogP contribution in [-0.2, 0) is 34.9 Å². The van der Waals surface area contributed by atoms with Gasteiger partial charge in [0.2, 0.25) is 18.3 Å². The Labute approximate surface area is 246 Å². The van der Waals surface area contributed by atoms with Crippen molar-refractivity contribution in [1.82, 2.24) is 4.90 Å². The molecule has 10 heteroatoms. The predicted molar refractivity (Wildman–Crippen MR) is 154 cm³/mol. The number of likely N-dealkylation sites (N-methyl/N-ethyl adjacent to an activating group) is 1. The lowest BCUT2D eigenvalue weighted by atomic mass is 9.85. The van der Waals surface area contributed by atoms with E-state index >= 15 is 0 Å². The predicted octanol–water partition coefficient (Wildman–Crippen LogP) is 4.50. The molecule has 224 valence electrons. The van der Waals surface area contributed by atoms with E-state index < -0.39 is 6.10 Å². The first-order valence-corrected chi connectivity index (χ1v) is 13.7. The first-order chi connectivity index (χ1) is 20.4. The van der Waals surface area contributed by atoms with Crippen LogP contribution in [0.3, 0.4) is 0 Å². The molecule has 0 spiro atoms. The fourth-order valence-electron chi connectivity index (χ4n) is 5.69. The lowest BCUT2D eigenvalue weighted by Gasteiger charge is -2.38. The van der Waals surface area contributed by atoms with E-state index in [2.05, 4.69) is 4.90 Å². The Morgan fingerprint density at radius 3 is 2.64 bits per heavy atom. The van der Waals surface area contributed by atoms with Crippen molar-refractivity contribution in [2.75, 3.05) is 55.4 Å². The molecule has 42 heavy (non-hydrogen) atoms. The van der Waals surface area contributed by atoms with Gasteiger partial charge in [-0.1, -0.05) is 18.2 Å². The third kappa shape index (κ3) is 5.46. The molecular weight excluding hydrogens is 542 g/mol. The van der Waals surface area contributed by atoms with Crippen LogP contribution in [0.2, 0.25) is 0 Å². The van der Waals surface area contributed by atoms with E-state index in [0.29, 0.717) is 46.7 Å². The van der Waals surface area contributed by atoms with Gasteiger partial charge in [0, 0.05) is 29.2 Å². The molecule has 1 aromatic rings. The van der Waals surface area contributed by atoms with E-state index in [1.165, 1.54) is 0 Å². The number of carbonyl (C=O) groups excluding carboxylic acids is 1. The average Bonchev–Trinajstić information content (AvgIpc) is 3.52. The second-order valence-electron chi connectivity index (χ2n) is 10.2. The van der Waals surface area contributed by atoms with E-state index in [1.807, 2.05) is 43.5 Å². The van der Waals surface area contributed by atoms with Gasteiger partial charge in [-0.2, -0.15) is 0 Å². The Bertz CT molecular complexity index is 1400. The smallest absolute Gasteiger partial charge is 0.334 e. The van der Waals surface area contributed by atoms with Crippen LogP contribution in [0.1, 0.15) is 24.1 Å². The number of ether oxygens (including phenoxy) is 8. The SMILES string of the molecule is COC1=CC(CO/C=C/C=C\C2=C(C)C(=O)OC2C2c3c(cc4c(c3OC)OCO4)CCN2C)C=CC(OC)=C1OC. The zero-order chi connectivity index (χ0) is 29.8. The summed E-state index contributed by atoms with van der Waals surface area (Å²) < 4.78 is 45.3. The van der Waals surface area contributed by atoms with Gasteiger partial charge < -0.3 is 37.9 Å². The van der Waals surface area contributed by atoms with Crippen molar-refractivity contribution in [1.29, 1.82) is 0 Å². The van der Waals surface area contributed by atoms with Crippen LogP contribution in [0.15, 0.2) is 77.2 Å². The standard InChI is InChI=1S/C32H37NO9/c1-19-22(9-7-8-14-39-17-20-10-11-23(35-3)29(37-5)24(15-20)36-4)28(42-32(19)34)27-26-21(12-13-33(27)2)16-25-30(31(26)38-6)41-18-40-25/h7-11,14-16,20,27-28H,12-13,17-18H2,1-6H3/b9-7-,14-8+. The highest BCUT2D eigenvalue weighted by Crippen LogP contribution is 2.51. The van der Waals surface area contributed by atoms with Gasteiger partial charge in [0.1, 0.15) is 6.10 Å². The Morgan fingerprint density at radius 1 is 1.07 bits per heavy atom. The Balaban J connectivity index is 1.31. The third-order valence-electron chi connectivity index (χ3n) is 7.82. The summed E-state index contributed by atoms with van der Waals surface area (Å²) in [4.78, 5) is 15.0. The molecule has 3 heterocycles. The Morgan fingerprint density at radius 2 is 1.90 bits per heavy atom. The van der Waals surface area contributed by atoms with E-state index in [1.54, 1.807) is 47.7 Å². The third-order valence-corrected chi connectivity index (χ3v) is 7.82. The summed E-state index contributed by atoms with van der Waals surface area (Å²) in [5, 5.41) is 0. The summed E-state index contributed by atoms with van der Waals surface area (Å²) in [5.74, 6) is 3.17. The second-order valence-corrected chi connectivity index (χ2v) is 10.2. The van der Waals surface area contributed by atoms with Crippen molar-refractivity contribution >= 4 is 5.97 Å². The zero-order valence-corrected chi connectivity index (χ0v) is 24.8. The number of cyclic esters (lactones) is 1. The van der Waals surface area contributed by atoms with Crippen molar-refractivity contribution in [3.63, 3.8) is 0 Å². The topological polar surface area (TPSA) is 94.2 Å². The van der Waals surface area contributed by atoms with Crippen LogP contribution in [0.5, 0.6) is 17.2 Å². The number of nitrogens with zero attached hydrogens (tertiary/aromatic N) is 1. The quantitative estimate of drug-likeness (QED) is 0.224. The van der Waals surface area contributed by atoms with Crippen molar-refractivity contribution < 1.29 is 42.7 Å². The summed E-state index contributed by atoms with van der Waals surface area (Å²) in [6.07, 6.45) is 13.2. The van der Waals surface area contributed by atoms with Gasteiger partial charge in [0.15, 0.2) is 23.0 Å². The van der Waals surface area contributed by atoms with Gasteiger partial charge >= 0.3 is 5.97 Å². The van der Waals surface area contributed by atoms with E-state index in [4.69, 9.17) is 37.9 Å². The second kappa shape index (κ2) is 12.7. The van der Waals surface area contributed by atoms with Crippen LogP contribution in [-0.4, -0.2) is 72.4 Å². The molecule has 0 amide bonds. The molecule has 1 aliphatic carbocycles. The molecule has 5 rings (SSSR count). The maximum Gasteiger partial charge on any atom is 0.334 e. The highest BCUT2D eigenvalue weighted by Gasteiger charge is 2.44. The highest BCUT2D eigenvalue weighted by atomic mass is 16.7. The van der Waals surface area contributed by atoms with Crippen LogP contribution in [0.4, 0.5) is 0 Å². The van der Waals surface area contributed by atoms with Crippen molar-refractivity contribution in [2.45, 2.75) is 25.5 Å². The van der Waals surface area contributed by atoms with Crippen LogP contribution in [0, 0.1) is 5.92 Å². The molecule has 3 unspecified atom stereocenters. The fraction of sp³-hybridized carbons (Fsp3) is 0.406. The van der Waals surface area contributed by atoms with Gasteiger partial charge in [-0.15, -0.1) is 0 Å². The van der Waals surface area contributed by atoms with Crippen molar-refractivity contribution in [3.05, 3.63) is 88.3 Å². The largest absolute Gasteiger partial charge is 0.500 e. The first-order valence-electron chi connectivity index (χ1n) is 13.7. The molecular formula is C32H37NO9. The molecule has 0 saturated carbocycles. The summed E-state index contributed by atoms with van der Waals surface area (Å²) >= 11 is 0. The Kier molecular flexibility index (Phi) is 8.82. The highest BCUT2D eigenvalue weighted by molar-refractivity contribution is 5.92. The molecule has 0 N–H and O–H groups in total. The first kappa shape index (κ1) is 29.2. The normalized spacial score (nSPS) is 23.7. The maximum absolute atomic E-state index is 12.8. The number of rotatable bonds is 10. The monoisotopic (exact) mass is 579 g/mol. The summed E-state index contributed by atoms with van der Waals surface area (Å²) in [6, 6.07) is 1.76. The molecule has 0 saturated heterocycles. The van der Waals surface area contributed by atoms with Crippen LogP contribution in [0.25, 0.3) is 0 Å². The summed E-state index contributed by atoms with van der Waals surface area (Å²) in [7, 11) is 8.39. The average molecular weight is 580 g/mol. The maximum atomic E-state index is 12.8. The minimum Gasteiger partial charge on any atom is -0.500 e. The van der Waals surface area contributed by atoms with Gasteiger partial charge in [0.05, 0.1) is 47.3 Å². The minimum absolute atomic E-state index is 0.0609. The van der Waals surface area contributed by atoms with E-state index in [-0.39, 0.29) is 24.7 Å². The molecule has 1 aromatic carbocycles. The molecule has 0 radical (unpaired) electrons. The number of hydrogen-bond donors (Lipinski definition) is 0. The fourth-order valence-corrected chi connectivity index (χ4v) is 5.69. The van der Waals surface area contributed by atoms with E-state index in [9.17, 15) is 4.79 Å². The van der Waals surface area contributed by atoms with Gasteiger partial charge in [0.25, 0.3) is 0 Å². The molecule has 0 fully saturated rings. The van der Waals surface area contributed by atoms with Crippen molar-refractivity contribution in [2.24, 2.45) is 5.92 Å². The number of carbonyl (C=O) groups is 1. The van der Waals surface area contributed by atoms with Gasteiger partial charge in [-0.05, 0) is 50.3 Å². The minimum atomic E-state index is -0.521. The Hall–Kier alpha value is -4.31. The number of allylic oxidation sites excluding steroid dienone is 3. The number of benzene rings is 1. The molecule has 10 nitrogen and oxygen atoms in total. The van der Waals surface area contributed by atoms with Crippen molar-refractivity contribution in [3.8, 4) is 17.2 Å². The van der Waals surface area contributed by atoms with Gasteiger partial charge in [-0.3, -0.25) is 4.90 Å². The molecule has 0 bridgehead atoms. The lowest BCUT2D eigenvalue weighted by molar-refractivity contribution is -0.142. The molecule has 3 aliphatic heterocycles. The van der Waals surface area contributed by atoms with E-state index in [0.717, 1.165) is 29.7 Å². The zero-order valence-electron chi connectivity index (χ0n) is 24.8. The van der Waals surface area contributed by atoms with Gasteiger partial charge in [-0.25, -0.2) is 4.79 Å². The number of esters is 1. The lowest BCUT2D eigenvalue weighted by Crippen LogP contribution is -2.40. The molecule has 0 aromatic heterocycles. The number of hydrogen-bond acceptors (Lipinski definition) is 10. The number of methoxy groups -OCH3 is 4. The molecule has 4 aliphatic rings. The van der Waals surface area contributed by atoms with Crippen LogP contribution < -0.4 is 14.2 Å².